The van der Waals surface area contributed by atoms with Crippen molar-refractivity contribution in [2.45, 2.75) is 32.8 Å². The number of rotatable bonds is 3. The zero-order chi connectivity index (χ0) is 11.6. The zero-order valence-electron chi connectivity index (χ0n) is 8.97. The summed E-state index contributed by atoms with van der Waals surface area (Å²) in [5, 5.41) is 8.94. The predicted octanol–water partition coefficient (Wildman–Crippen LogP) is 3.24. The highest BCUT2D eigenvalue weighted by atomic mass is 19.1. The first-order chi connectivity index (χ1) is 6.85. The van der Waals surface area contributed by atoms with Crippen LogP contribution < -0.4 is 4.74 Å². The number of hydrogen-bond donors (Lipinski definition) is 1. The van der Waals surface area contributed by atoms with Crippen LogP contribution in [0.3, 0.4) is 0 Å². The van der Waals surface area contributed by atoms with Crippen LogP contribution in [0, 0.1) is 11.6 Å². The molecule has 0 fully saturated rings. The Bertz CT molecular complexity index is 339. The third-order valence-corrected chi connectivity index (χ3v) is 2.21. The molecule has 0 aliphatic carbocycles. The quantitative estimate of drug-likeness (QED) is 0.840. The lowest BCUT2D eigenvalue weighted by atomic mass is 10.1. The van der Waals surface area contributed by atoms with Crippen LogP contribution >= 0.6 is 0 Å². The van der Waals surface area contributed by atoms with Crippen molar-refractivity contribution in [3.63, 3.8) is 0 Å². The normalized spacial score (nSPS) is 11.5. The standard InChI is InChI=1S/C11H14F2O2/c1-4-11(2,3)15-10-8(12)5-7(14)6-9(10)13/h5-6,14H,4H2,1-3H3. The molecular formula is C11H14F2O2. The van der Waals surface area contributed by atoms with E-state index in [2.05, 4.69) is 0 Å². The van der Waals surface area contributed by atoms with Gasteiger partial charge in [0, 0.05) is 12.1 Å². The van der Waals surface area contributed by atoms with Crippen molar-refractivity contribution in [2.75, 3.05) is 0 Å². The Kier molecular flexibility index (Phi) is 3.17. The van der Waals surface area contributed by atoms with Gasteiger partial charge in [-0.1, -0.05) is 6.92 Å². The van der Waals surface area contributed by atoms with Crippen LogP contribution in [0.1, 0.15) is 27.2 Å². The van der Waals surface area contributed by atoms with Gasteiger partial charge in [-0.15, -0.1) is 0 Å². The maximum atomic E-state index is 13.3. The third kappa shape index (κ3) is 2.81. The fraction of sp³-hybridized carbons (Fsp3) is 0.455. The Balaban J connectivity index is 3.05. The Labute approximate surface area is 87.5 Å². The number of ether oxygens (including phenoxy) is 1. The summed E-state index contributed by atoms with van der Waals surface area (Å²) in [6, 6.07) is 1.65. The van der Waals surface area contributed by atoms with E-state index in [-0.39, 0.29) is 0 Å². The molecule has 4 heteroatoms. The second-order valence-corrected chi connectivity index (χ2v) is 3.95. The molecule has 0 heterocycles. The third-order valence-electron chi connectivity index (χ3n) is 2.21. The van der Waals surface area contributed by atoms with Gasteiger partial charge in [0.15, 0.2) is 17.4 Å². The van der Waals surface area contributed by atoms with E-state index in [1.165, 1.54) is 0 Å². The first kappa shape index (κ1) is 11.8. The fourth-order valence-corrected chi connectivity index (χ4v) is 0.992. The number of phenolic OH excluding ortho intramolecular Hbond substituents is 1. The Morgan fingerprint density at radius 1 is 1.27 bits per heavy atom. The molecule has 0 saturated carbocycles. The molecule has 0 aliphatic rings. The Morgan fingerprint density at radius 3 is 2.13 bits per heavy atom. The average molecular weight is 216 g/mol. The summed E-state index contributed by atoms with van der Waals surface area (Å²) in [7, 11) is 0. The van der Waals surface area contributed by atoms with Crippen LogP contribution in [0.4, 0.5) is 8.78 Å². The van der Waals surface area contributed by atoms with Gasteiger partial charge in [0.2, 0.25) is 0 Å². The molecule has 84 valence electrons. The van der Waals surface area contributed by atoms with Crippen molar-refractivity contribution in [1.82, 2.24) is 0 Å². The molecule has 0 unspecified atom stereocenters. The second kappa shape index (κ2) is 4.04. The van der Waals surface area contributed by atoms with E-state index in [9.17, 15) is 8.78 Å². The predicted molar refractivity (Wildman–Crippen MR) is 53.0 cm³/mol. The van der Waals surface area contributed by atoms with Gasteiger partial charge in [0.25, 0.3) is 0 Å². The van der Waals surface area contributed by atoms with Gasteiger partial charge < -0.3 is 9.84 Å². The summed E-state index contributed by atoms with van der Waals surface area (Å²) in [6.07, 6.45) is 0.618. The molecule has 1 aromatic carbocycles. The van der Waals surface area contributed by atoms with Crippen molar-refractivity contribution in [1.29, 1.82) is 0 Å². The first-order valence-corrected chi connectivity index (χ1v) is 4.73. The van der Waals surface area contributed by atoms with Crippen molar-refractivity contribution in [2.24, 2.45) is 0 Å². The molecule has 0 radical (unpaired) electrons. The lowest BCUT2D eigenvalue weighted by Crippen LogP contribution is -2.27. The monoisotopic (exact) mass is 216 g/mol. The van der Waals surface area contributed by atoms with Gasteiger partial charge in [-0.2, -0.15) is 0 Å². The fourth-order valence-electron chi connectivity index (χ4n) is 0.992. The number of aromatic hydroxyl groups is 1. The molecule has 1 N–H and O–H groups in total. The molecule has 0 saturated heterocycles. The summed E-state index contributed by atoms with van der Waals surface area (Å²) in [4.78, 5) is 0. The number of phenols is 1. The Morgan fingerprint density at radius 2 is 1.73 bits per heavy atom. The van der Waals surface area contributed by atoms with Crippen molar-refractivity contribution >= 4 is 0 Å². The highest BCUT2D eigenvalue weighted by molar-refractivity contribution is 5.34. The molecule has 1 aromatic rings. The first-order valence-electron chi connectivity index (χ1n) is 4.73. The zero-order valence-corrected chi connectivity index (χ0v) is 8.97. The molecule has 0 amide bonds. The molecule has 0 aromatic heterocycles. The molecule has 2 nitrogen and oxygen atoms in total. The van der Waals surface area contributed by atoms with Crippen LogP contribution in [-0.2, 0) is 0 Å². The summed E-state index contributed by atoms with van der Waals surface area (Å²) in [5.41, 5.74) is -0.640. The van der Waals surface area contributed by atoms with Gasteiger partial charge in [0.05, 0.1) is 0 Å². The van der Waals surface area contributed by atoms with E-state index in [1.807, 2.05) is 6.92 Å². The van der Waals surface area contributed by atoms with Gasteiger partial charge in [0.1, 0.15) is 11.4 Å². The summed E-state index contributed by atoms with van der Waals surface area (Å²) in [5.74, 6) is -2.69. The van der Waals surface area contributed by atoms with E-state index < -0.39 is 28.7 Å². The van der Waals surface area contributed by atoms with Gasteiger partial charge >= 0.3 is 0 Å². The lowest BCUT2D eigenvalue weighted by Gasteiger charge is -2.25. The van der Waals surface area contributed by atoms with E-state index in [0.717, 1.165) is 12.1 Å². The minimum atomic E-state index is -0.894. The average Bonchev–Trinajstić information content (AvgIpc) is 2.11. The van der Waals surface area contributed by atoms with Gasteiger partial charge in [-0.25, -0.2) is 8.78 Å². The highest BCUT2D eigenvalue weighted by Crippen LogP contribution is 2.30. The highest BCUT2D eigenvalue weighted by Gasteiger charge is 2.22. The minimum absolute atomic E-state index is 0.445. The molecule has 0 bridgehead atoms. The smallest absolute Gasteiger partial charge is 0.191 e. The summed E-state index contributed by atoms with van der Waals surface area (Å²) in [6.45, 7) is 5.33. The Hall–Kier alpha value is -1.32. The molecule has 0 aliphatic heterocycles. The molecule has 0 spiro atoms. The summed E-state index contributed by atoms with van der Waals surface area (Å²) >= 11 is 0. The van der Waals surface area contributed by atoms with E-state index >= 15 is 0 Å². The van der Waals surface area contributed by atoms with Crippen LogP contribution in [0.25, 0.3) is 0 Å². The summed E-state index contributed by atoms with van der Waals surface area (Å²) < 4.78 is 31.7. The van der Waals surface area contributed by atoms with Crippen LogP contribution in [0.5, 0.6) is 11.5 Å². The topological polar surface area (TPSA) is 29.5 Å². The van der Waals surface area contributed by atoms with Crippen molar-refractivity contribution in [3.8, 4) is 11.5 Å². The number of benzene rings is 1. The van der Waals surface area contributed by atoms with Crippen molar-refractivity contribution in [3.05, 3.63) is 23.8 Å². The van der Waals surface area contributed by atoms with E-state index in [1.54, 1.807) is 13.8 Å². The maximum absolute atomic E-state index is 13.3. The van der Waals surface area contributed by atoms with Crippen LogP contribution in [-0.4, -0.2) is 10.7 Å². The number of hydrogen-bond acceptors (Lipinski definition) is 2. The van der Waals surface area contributed by atoms with Crippen molar-refractivity contribution < 1.29 is 18.6 Å². The van der Waals surface area contributed by atoms with Crippen LogP contribution in [0.2, 0.25) is 0 Å². The van der Waals surface area contributed by atoms with E-state index in [4.69, 9.17) is 9.84 Å². The minimum Gasteiger partial charge on any atom is -0.508 e. The molecule has 1 rings (SSSR count). The number of halogens is 2. The maximum Gasteiger partial charge on any atom is 0.191 e. The second-order valence-electron chi connectivity index (χ2n) is 3.95. The lowest BCUT2D eigenvalue weighted by molar-refractivity contribution is 0.0932. The molecule has 15 heavy (non-hydrogen) atoms. The van der Waals surface area contributed by atoms with Gasteiger partial charge in [-0.3, -0.25) is 0 Å². The largest absolute Gasteiger partial charge is 0.508 e. The van der Waals surface area contributed by atoms with Crippen LogP contribution in [0.15, 0.2) is 12.1 Å². The molecule has 0 atom stereocenters. The SMILES string of the molecule is CCC(C)(C)Oc1c(F)cc(O)cc1F. The van der Waals surface area contributed by atoms with Gasteiger partial charge in [-0.05, 0) is 20.3 Å². The van der Waals surface area contributed by atoms with E-state index in [0.29, 0.717) is 6.42 Å². The molecular weight excluding hydrogens is 202 g/mol.